The van der Waals surface area contributed by atoms with Gasteiger partial charge in [0, 0.05) is 28.1 Å². The largest absolute Gasteiger partial charge is 0.497 e. The van der Waals surface area contributed by atoms with Crippen LogP contribution in [0.25, 0.3) is 22.0 Å². The fraction of sp³-hybridized carbons (Fsp3) is 0.182. The summed E-state index contributed by atoms with van der Waals surface area (Å²) in [7, 11) is 4.91. The lowest BCUT2D eigenvalue weighted by atomic mass is 10.0. The van der Waals surface area contributed by atoms with E-state index in [1.807, 2.05) is 55.5 Å². The molecule has 0 radical (unpaired) electrons. The number of fused-ring (bicyclic) bond motifs is 1. The number of aryl methyl sites for hydroxylation is 1. The number of nitrogens with one attached hydrogen (secondary N) is 2. The number of nitrogens with zero attached hydrogens (tertiary/aromatic N) is 2. The molecule has 0 saturated carbocycles. The average molecular weight is 390 g/mol. The SMILES string of the molecule is COc1cccc(-c2nc(Nc3cc(C)[nH]n3)cc3c(OC)c(OC)ccc23)c1. The summed E-state index contributed by atoms with van der Waals surface area (Å²) in [5.41, 5.74) is 2.70. The van der Waals surface area contributed by atoms with E-state index in [1.54, 1.807) is 21.3 Å². The minimum atomic E-state index is 0.647. The molecule has 0 aliphatic carbocycles. The summed E-state index contributed by atoms with van der Waals surface area (Å²) in [6.07, 6.45) is 0. The van der Waals surface area contributed by atoms with Gasteiger partial charge in [0.2, 0.25) is 0 Å². The molecule has 0 bridgehead atoms. The maximum absolute atomic E-state index is 5.67. The molecular formula is C22H22N4O3. The lowest BCUT2D eigenvalue weighted by Crippen LogP contribution is -1.99. The summed E-state index contributed by atoms with van der Waals surface area (Å²) < 4.78 is 16.5. The highest BCUT2D eigenvalue weighted by atomic mass is 16.5. The number of ether oxygens (including phenoxy) is 3. The van der Waals surface area contributed by atoms with Crippen LogP contribution in [0.2, 0.25) is 0 Å². The van der Waals surface area contributed by atoms with Gasteiger partial charge in [0.25, 0.3) is 0 Å². The minimum Gasteiger partial charge on any atom is -0.497 e. The van der Waals surface area contributed by atoms with Crippen molar-refractivity contribution in [2.24, 2.45) is 0 Å². The van der Waals surface area contributed by atoms with Crippen LogP contribution in [0.4, 0.5) is 11.6 Å². The van der Waals surface area contributed by atoms with Crippen LogP contribution in [0.1, 0.15) is 5.69 Å². The molecule has 7 heteroatoms. The van der Waals surface area contributed by atoms with E-state index in [0.717, 1.165) is 33.5 Å². The molecule has 4 aromatic rings. The number of aromatic amines is 1. The van der Waals surface area contributed by atoms with E-state index < -0.39 is 0 Å². The fourth-order valence-electron chi connectivity index (χ4n) is 3.32. The zero-order valence-electron chi connectivity index (χ0n) is 16.7. The molecule has 0 spiro atoms. The average Bonchev–Trinajstić information content (AvgIpc) is 3.16. The number of anilines is 2. The van der Waals surface area contributed by atoms with Crippen LogP contribution in [0.15, 0.2) is 48.5 Å². The smallest absolute Gasteiger partial charge is 0.168 e. The van der Waals surface area contributed by atoms with E-state index in [-0.39, 0.29) is 0 Å². The van der Waals surface area contributed by atoms with Crippen molar-refractivity contribution in [2.75, 3.05) is 26.6 Å². The Morgan fingerprint density at radius 2 is 1.72 bits per heavy atom. The third kappa shape index (κ3) is 3.54. The summed E-state index contributed by atoms with van der Waals surface area (Å²) in [5.74, 6) is 3.41. The van der Waals surface area contributed by atoms with Gasteiger partial charge in [-0.2, -0.15) is 5.10 Å². The molecule has 0 atom stereocenters. The molecule has 4 rings (SSSR count). The summed E-state index contributed by atoms with van der Waals surface area (Å²) in [4.78, 5) is 4.87. The third-order valence-corrected chi connectivity index (χ3v) is 4.66. The highest BCUT2D eigenvalue weighted by molar-refractivity contribution is 6.01. The van der Waals surface area contributed by atoms with E-state index in [9.17, 15) is 0 Å². The molecule has 0 amide bonds. The molecule has 0 aliphatic heterocycles. The molecule has 0 fully saturated rings. The maximum Gasteiger partial charge on any atom is 0.168 e. The third-order valence-electron chi connectivity index (χ3n) is 4.66. The van der Waals surface area contributed by atoms with E-state index in [0.29, 0.717) is 23.1 Å². The second-order valence-electron chi connectivity index (χ2n) is 6.55. The normalized spacial score (nSPS) is 10.8. The molecular weight excluding hydrogens is 368 g/mol. The summed E-state index contributed by atoms with van der Waals surface area (Å²) >= 11 is 0. The first-order valence-corrected chi connectivity index (χ1v) is 9.12. The predicted molar refractivity (Wildman–Crippen MR) is 113 cm³/mol. The quantitative estimate of drug-likeness (QED) is 0.497. The molecule has 0 saturated heterocycles. The number of hydrogen-bond donors (Lipinski definition) is 2. The van der Waals surface area contributed by atoms with Gasteiger partial charge in [-0.3, -0.25) is 5.10 Å². The van der Waals surface area contributed by atoms with Gasteiger partial charge >= 0.3 is 0 Å². The Balaban J connectivity index is 1.96. The number of benzene rings is 2. The number of aromatic nitrogens is 3. The lowest BCUT2D eigenvalue weighted by molar-refractivity contribution is 0.358. The molecule has 148 valence electrons. The summed E-state index contributed by atoms with van der Waals surface area (Å²) in [6.45, 7) is 1.95. The first kappa shape index (κ1) is 18.6. The van der Waals surface area contributed by atoms with Crippen molar-refractivity contribution >= 4 is 22.4 Å². The highest BCUT2D eigenvalue weighted by Crippen LogP contribution is 2.40. The lowest BCUT2D eigenvalue weighted by Gasteiger charge is -2.15. The second-order valence-corrected chi connectivity index (χ2v) is 6.55. The first-order valence-electron chi connectivity index (χ1n) is 9.12. The van der Waals surface area contributed by atoms with Crippen LogP contribution in [-0.2, 0) is 0 Å². The Morgan fingerprint density at radius 1 is 0.862 bits per heavy atom. The van der Waals surface area contributed by atoms with Gasteiger partial charge in [0.15, 0.2) is 17.3 Å². The molecule has 7 nitrogen and oxygen atoms in total. The minimum absolute atomic E-state index is 0.647. The summed E-state index contributed by atoms with van der Waals surface area (Å²) in [5, 5.41) is 12.3. The second kappa shape index (κ2) is 7.71. The van der Waals surface area contributed by atoms with Gasteiger partial charge in [0.05, 0.1) is 27.0 Å². The van der Waals surface area contributed by atoms with Crippen LogP contribution in [0, 0.1) is 6.92 Å². The van der Waals surface area contributed by atoms with E-state index in [1.165, 1.54) is 0 Å². The van der Waals surface area contributed by atoms with Gasteiger partial charge in [-0.15, -0.1) is 0 Å². The Kier molecular flexibility index (Phi) is 4.95. The highest BCUT2D eigenvalue weighted by Gasteiger charge is 2.16. The zero-order chi connectivity index (χ0) is 20.4. The zero-order valence-corrected chi connectivity index (χ0v) is 16.7. The first-order chi connectivity index (χ1) is 14.1. The molecule has 2 N–H and O–H groups in total. The topological polar surface area (TPSA) is 81.3 Å². The van der Waals surface area contributed by atoms with Crippen molar-refractivity contribution in [1.82, 2.24) is 15.2 Å². The molecule has 2 aromatic heterocycles. The van der Waals surface area contributed by atoms with Gasteiger partial charge in [-0.25, -0.2) is 4.98 Å². The van der Waals surface area contributed by atoms with Crippen molar-refractivity contribution in [1.29, 1.82) is 0 Å². The van der Waals surface area contributed by atoms with Crippen LogP contribution in [0.5, 0.6) is 17.2 Å². The Bertz CT molecular complexity index is 1170. The van der Waals surface area contributed by atoms with Crippen molar-refractivity contribution in [3.8, 4) is 28.5 Å². The van der Waals surface area contributed by atoms with Crippen molar-refractivity contribution in [2.45, 2.75) is 6.92 Å². The van der Waals surface area contributed by atoms with E-state index in [2.05, 4.69) is 15.5 Å². The maximum atomic E-state index is 5.67. The van der Waals surface area contributed by atoms with Crippen molar-refractivity contribution in [3.63, 3.8) is 0 Å². The molecule has 0 aliphatic rings. The Morgan fingerprint density at radius 3 is 2.41 bits per heavy atom. The molecule has 2 heterocycles. The van der Waals surface area contributed by atoms with Gasteiger partial charge in [0.1, 0.15) is 11.6 Å². The van der Waals surface area contributed by atoms with Gasteiger partial charge in [-0.1, -0.05) is 12.1 Å². The van der Waals surface area contributed by atoms with Crippen LogP contribution in [-0.4, -0.2) is 36.5 Å². The number of pyridine rings is 1. The van der Waals surface area contributed by atoms with E-state index in [4.69, 9.17) is 19.2 Å². The van der Waals surface area contributed by atoms with Crippen LogP contribution >= 0.6 is 0 Å². The van der Waals surface area contributed by atoms with Gasteiger partial charge in [-0.05, 0) is 37.3 Å². The molecule has 2 aromatic carbocycles. The molecule has 0 unspecified atom stereocenters. The van der Waals surface area contributed by atoms with Crippen LogP contribution < -0.4 is 19.5 Å². The number of methoxy groups -OCH3 is 3. The van der Waals surface area contributed by atoms with Crippen molar-refractivity contribution < 1.29 is 14.2 Å². The predicted octanol–water partition coefficient (Wildman–Crippen LogP) is 4.70. The van der Waals surface area contributed by atoms with Crippen molar-refractivity contribution in [3.05, 3.63) is 54.2 Å². The number of H-pyrrole nitrogens is 1. The van der Waals surface area contributed by atoms with Crippen LogP contribution in [0.3, 0.4) is 0 Å². The standard InChI is InChI=1S/C22H22N4O3/c1-13-10-20(26-25-13)23-19-12-17-16(8-9-18(28-3)22(17)29-4)21(24-19)14-6-5-7-15(11-14)27-2/h5-12H,1-4H3,(H2,23,24,25,26). The summed E-state index contributed by atoms with van der Waals surface area (Å²) in [6, 6.07) is 15.5. The number of rotatable bonds is 6. The Hall–Kier alpha value is -3.74. The monoisotopic (exact) mass is 390 g/mol. The van der Waals surface area contributed by atoms with Gasteiger partial charge < -0.3 is 19.5 Å². The Labute approximate surface area is 168 Å². The fourth-order valence-corrected chi connectivity index (χ4v) is 3.32. The number of hydrogen-bond acceptors (Lipinski definition) is 6. The van der Waals surface area contributed by atoms with E-state index >= 15 is 0 Å². The molecule has 29 heavy (non-hydrogen) atoms.